The summed E-state index contributed by atoms with van der Waals surface area (Å²) in [5, 5.41) is 0. The van der Waals surface area contributed by atoms with Crippen molar-refractivity contribution in [1.82, 2.24) is 0 Å². The Morgan fingerprint density at radius 2 is 0.487 bits per heavy atom. The molecule has 1 atom stereocenters. The Balaban J connectivity index is 4.23. The fourth-order valence-electron chi connectivity index (χ4n) is 9.52. The first kappa shape index (κ1) is 76.1. The molecule has 0 fully saturated rings. The lowest BCUT2D eigenvalue weighted by Crippen LogP contribution is -2.30. The topological polar surface area (TPSA) is 78.9 Å². The molecule has 0 saturated heterocycles. The molecule has 0 spiro atoms. The van der Waals surface area contributed by atoms with Gasteiger partial charge in [-0.15, -0.1) is 0 Å². The van der Waals surface area contributed by atoms with E-state index in [0.29, 0.717) is 19.3 Å². The van der Waals surface area contributed by atoms with E-state index in [1.165, 1.54) is 161 Å². The van der Waals surface area contributed by atoms with Gasteiger partial charge in [0.15, 0.2) is 6.10 Å². The smallest absolute Gasteiger partial charge is 0.306 e. The third-order valence-electron chi connectivity index (χ3n) is 14.5. The minimum absolute atomic E-state index is 0.0878. The minimum atomic E-state index is -0.794. The van der Waals surface area contributed by atoms with E-state index in [4.69, 9.17) is 14.2 Å². The lowest BCUT2D eigenvalue weighted by molar-refractivity contribution is -0.167. The number of allylic oxidation sites excluding steroid dienone is 18. The second-order valence-electron chi connectivity index (χ2n) is 22.3. The number of unbranched alkanes of at least 4 members (excludes halogenated alkanes) is 32. The second kappa shape index (κ2) is 67.6. The standard InChI is InChI=1S/C74H126O6/c1-4-7-10-13-16-19-22-25-27-29-31-32-33-34-35-36-37-38-39-40-41-42-44-45-47-49-52-55-58-61-64-67-73(76)79-70-71(69-78-72(75)66-63-60-57-54-51-24-21-18-15-12-9-6-3)80-74(77)68-65-62-59-56-53-50-48-46-43-30-28-26-23-20-17-14-11-8-5-2/h7-8,10-11,16-17,19-20,25-28,31-32,43,46,50,53,71H,4-6,9,12-15,18,21-24,29-30,33-42,44-45,47-49,51-52,54-70H2,1-3H3/b10-7-,11-8-,19-16-,20-17-,27-25-,28-26-,32-31-,46-43-,53-50-. The summed E-state index contributed by atoms with van der Waals surface area (Å²) >= 11 is 0. The first-order chi connectivity index (χ1) is 39.5. The Bertz CT molecular complexity index is 1610. The van der Waals surface area contributed by atoms with Crippen molar-refractivity contribution in [2.75, 3.05) is 13.2 Å². The van der Waals surface area contributed by atoms with Gasteiger partial charge in [0.25, 0.3) is 0 Å². The first-order valence-electron chi connectivity index (χ1n) is 33.9. The van der Waals surface area contributed by atoms with Crippen LogP contribution >= 0.6 is 0 Å². The highest BCUT2D eigenvalue weighted by molar-refractivity contribution is 5.71. The average Bonchev–Trinajstić information content (AvgIpc) is 3.46. The van der Waals surface area contributed by atoms with Crippen molar-refractivity contribution in [2.45, 2.75) is 329 Å². The molecule has 6 heteroatoms. The number of rotatable bonds is 61. The molecule has 0 rings (SSSR count). The molecule has 0 bridgehead atoms. The summed E-state index contributed by atoms with van der Waals surface area (Å²) < 4.78 is 16.9. The highest BCUT2D eigenvalue weighted by Crippen LogP contribution is 2.17. The van der Waals surface area contributed by atoms with Crippen molar-refractivity contribution < 1.29 is 28.6 Å². The maximum absolute atomic E-state index is 12.9. The molecule has 0 aromatic rings. The molecule has 0 saturated carbocycles. The number of carbonyl (C=O) groups is 3. The van der Waals surface area contributed by atoms with E-state index >= 15 is 0 Å². The zero-order valence-corrected chi connectivity index (χ0v) is 52.6. The lowest BCUT2D eigenvalue weighted by atomic mass is 10.0. The highest BCUT2D eigenvalue weighted by Gasteiger charge is 2.19. The molecular weight excluding hydrogens is 985 g/mol. The van der Waals surface area contributed by atoms with Gasteiger partial charge in [-0.25, -0.2) is 0 Å². The van der Waals surface area contributed by atoms with Crippen molar-refractivity contribution in [2.24, 2.45) is 0 Å². The summed E-state index contributed by atoms with van der Waals surface area (Å²) in [6, 6.07) is 0. The second-order valence-corrected chi connectivity index (χ2v) is 22.3. The van der Waals surface area contributed by atoms with E-state index in [1.54, 1.807) is 0 Å². The van der Waals surface area contributed by atoms with E-state index in [9.17, 15) is 14.4 Å². The van der Waals surface area contributed by atoms with Crippen LogP contribution in [0, 0.1) is 0 Å². The van der Waals surface area contributed by atoms with Crippen LogP contribution in [0.5, 0.6) is 0 Å². The van der Waals surface area contributed by atoms with Gasteiger partial charge < -0.3 is 14.2 Å². The molecule has 6 nitrogen and oxygen atoms in total. The van der Waals surface area contributed by atoms with Crippen molar-refractivity contribution >= 4 is 17.9 Å². The van der Waals surface area contributed by atoms with Gasteiger partial charge >= 0.3 is 17.9 Å². The van der Waals surface area contributed by atoms with Crippen LogP contribution in [-0.2, 0) is 28.6 Å². The van der Waals surface area contributed by atoms with Crippen LogP contribution in [0.15, 0.2) is 109 Å². The van der Waals surface area contributed by atoms with E-state index in [-0.39, 0.29) is 31.1 Å². The van der Waals surface area contributed by atoms with Gasteiger partial charge in [-0.2, -0.15) is 0 Å². The van der Waals surface area contributed by atoms with Gasteiger partial charge in [-0.05, 0) is 103 Å². The third kappa shape index (κ3) is 64.9. The summed E-state index contributed by atoms with van der Waals surface area (Å²) in [4.78, 5) is 38.3. The van der Waals surface area contributed by atoms with Crippen molar-refractivity contribution in [3.05, 3.63) is 109 Å². The van der Waals surface area contributed by atoms with Crippen LogP contribution in [-0.4, -0.2) is 37.2 Å². The third-order valence-corrected chi connectivity index (χ3v) is 14.5. The van der Waals surface area contributed by atoms with Crippen molar-refractivity contribution in [3.8, 4) is 0 Å². The molecular formula is C74H126O6. The quantitative estimate of drug-likeness (QED) is 0.0261. The van der Waals surface area contributed by atoms with Crippen LogP contribution in [0.4, 0.5) is 0 Å². The Morgan fingerprint density at radius 3 is 0.775 bits per heavy atom. The molecule has 0 aromatic carbocycles. The molecule has 0 heterocycles. The summed E-state index contributed by atoms with van der Waals surface area (Å²) in [6.45, 7) is 6.41. The van der Waals surface area contributed by atoms with E-state index < -0.39 is 6.10 Å². The van der Waals surface area contributed by atoms with Gasteiger partial charge in [0.1, 0.15) is 13.2 Å². The Labute approximate surface area is 495 Å². The number of ether oxygens (including phenoxy) is 3. The first-order valence-corrected chi connectivity index (χ1v) is 33.9. The van der Waals surface area contributed by atoms with Gasteiger partial charge in [0, 0.05) is 19.3 Å². The highest BCUT2D eigenvalue weighted by atomic mass is 16.6. The molecule has 1 unspecified atom stereocenters. The van der Waals surface area contributed by atoms with Crippen LogP contribution in [0.2, 0.25) is 0 Å². The molecule has 0 N–H and O–H groups in total. The molecule has 0 aliphatic heterocycles. The number of esters is 3. The average molecular weight is 1110 g/mol. The Kier molecular flexibility index (Phi) is 64.3. The maximum Gasteiger partial charge on any atom is 0.306 e. The summed E-state index contributed by atoms with van der Waals surface area (Å²) in [6.07, 6.45) is 92.6. The van der Waals surface area contributed by atoms with Crippen LogP contribution in [0.3, 0.4) is 0 Å². The number of hydrogen-bond donors (Lipinski definition) is 0. The van der Waals surface area contributed by atoms with Gasteiger partial charge in [0.2, 0.25) is 0 Å². The maximum atomic E-state index is 12.9. The van der Waals surface area contributed by atoms with Gasteiger partial charge in [0.05, 0.1) is 0 Å². The Hall–Kier alpha value is -3.93. The molecule has 458 valence electrons. The summed E-state index contributed by atoms with van der Waals surface area (Å²) in [5.74, 6) is -0.908. The SMILES string of the molecule is CC/C=C\C/C=C\C/C=C\C/C=C\C/C=C\CCCCCC(=O)OC(COC(=O)CCCCCCCCCCCCCC)COC(=O)CCCCCCCCCCCCCCCCCCCC/C=C\C/C=C\C/C=C\C/C=C\CC. The zero-order chi connectivity index (χ0) is 57.8. The monoisotopic (exact) mass is 1110 g/mol. The van der Waals surface area contributed by atoms with Crippen LogP contribution in [0.25, 0.3) is 0 Å². The van der Waals surface area contributed by atoms with Gasteiger partial charge in [-0.1, -0.05) is 310 Å². The van der Waals surface area contributed by atoms with E-state index in [2.05, 4.69) is 130 Å². The fourth-order valence-corrected chi connectivity index (χ4v) is 9.52. The minimum Gasteiger partial charge on any atom is -0.462 e. The summed E-state index contributed by atoms with van der Waals surface area (Å²) in [5.41, 5.74) is 0. The number of carbonyl (C=O) groups excluding carboxylic acids is 3. The normalized spacial score (nSPS) is 12.8. The van der Waals surface area contributed by atoms with E-state index in [0.717, 1.165) is 122 Å². The molecule has 0 aliphatic rings. The van der Waals surface area contributed by atoms with Crippen molar-refractivity contribution in [3.63, 3.8) is 0 Å². The molecule has 0 radical (unpaired) electrons. The predicted octanol–water partition coefficient (Wildman–Crippen LogP) is 23.4. The Morgan fingerprint density at radius 1 is 0.263 bits per heavy atom. The van der Waals surface area contributed by atoms with Crippen molar-refractivity contribution in [1.29, 1.82) is 0 Å². The summed E-state index contributed by atoms with van der Waals surface area (Å²) in [7, 11) is 0. The largest absolute Gasteiger partial charge is 0.462 e. The van der Waals surface area contributed by atoms with Crippen LogP contribution in [0.1, 0.15) is 323 Å². The lowest BCUT2D eigenvalue weighted by Gasteiger charge is -2.18. The zero-order valence-electron chi connectivity index (χ0n) is 52.6. The van der Waals surface area contributed by atoms with Gasteiger partial charge in [-0.3, -0.25) is 14.4 Å². The fraction of sp³-hybridized carbons (Fsp3) is 0.716. The predicted molar refractivity (Wildman–Crippen MR) is 348 cm³/mol. The van der Waals surface area contributed by atoms with Crippen LogP contribution < -0.4 is 0 Å². The number of hydrogen-bond acceptors (Lipinski definition) is 6. The molecule has 0 amide bonds. The molecule has 0 aromatic heterocycles. The van der Waals surface area contributed by atoms with E-state index in [1.807, 2.05) is 0 Å². The molecule has 80 heavy (non-hydrogen) atoms. The molecule has 0 aliphatic carbocycles.